The molecule has 0 radical (unpaired) electrons. The van der Waals surface area contributed by atoms with E-state index >= 15 is 0 Å². The lowest BCUT2D eigenvalue weighted by Crippen LogP contribution is -2.13. The fraction of sp³-hybridized carbons (Fsp3) is 0.158. The van der Waals surface area contributed by atoms with Crippen molar-refractivity contribution in [1.82, 2.24) is 14.8 Å². The molecule has 0 saturated heterocycles. The van der Waals surface area contributed by atoms with Gasteiger partial charge in [0.2, 0.25) is 0 Å². The number of nitrogens with one attached hydrogen (secondary N) is 1. The van der Waals surface area contributed by atoms with Gasteiger partial charge in [0.05, 0.1) is 22.1 Å². The second-order valence-corrected chi connectivity index (χ2v) is 6.03. The summed E-state index contributed by atoms with van der Waals surface area (Å²) in [6.45, 7) is 4.30. The van der Waals surface area contributed by atoms with Crippen molar-refractivity contribution < 1.29 is 0 Å². The first-order valence-electron chi connectivity index (χ1n) is 7.74. The molecule has 114 valence electrons. The number of aromatic amines is 1. The molecule has 0 unspecified atom stereocenters. The van der Waals surface area contributed by atoms with Crippen LogP contribution in [0.25, 0.3) is 27.5 Å². The number of hydrogen-bond donors (Lipinski definition) is 1. The van der Waals surface area contributed by atoms with Gasteiger partial charge in [-0.2, -0.15) is 0 Å². The molecule has 0 fully saturated rings. The third kappa shape index (κ3) is 2.06. The maximum absolute atomic E-state index is 12.7. The van der Waals surface area contributed by atoms with Crippen molar-refractivity contribution in [2.75, 3.05) is 0 Å². The third-order valence-electron chi connectivity index (χ3n) is 4.22. The molecule has 0 saturated carbocycles. The number of pyridine rings is 1. The van der Waals surface area contributed by atoms with Gasteiger partial charge in [-0.15, -0.1) is 0 Å². The molecule has 4 aromatic rings. The minimum absolute atomic E-state index is 0.0736. The van der Waals surface area contributed by atoms with Crippen molar-refractivity contribution in [3.63, 3.8) is 0 Å². The summed E-state index contributed by atoms with van der Waals surface area (Å²) in [5.74, 6) is 0.381. The van der Waals surface area contributed by atoms with Crippen LogP contribution in [0.4, 0.5) is 0 Å². The zero-order chi connectivity index (χ0) is 16.0. The number of rotatable bonds is 2. The highest BCUT2D eigenvalue weighted by molar-refractivity contribution is 6.03. The lowest BCUT2D eigenvalue weighted by atomic mass is 9.99. The Kier molecular flexibility index (Phi) is 3.05. The zero-order valence-electron chi connectivity index (χ0n) is 13.1. The predicted octanol–water partition coefficient (Wildman–Crippen LogP) is 3.99. The van der Waals surface area contributed by atoms with Gasteiger partial charge < -0.3 is 0 Å². The number of aromatic nitrogens is 3. The summed E-state index contributed by atoms with van der Waals surface area (Å²) in [5.41, 5.74) is 3.73. The molecule has 4 nitrogen and oxygen atoms in total. The maximum Gasteiger partial charge on any atom is 0.280 e. The molecule has 2 heterocycles. The van der Waals surface area contributed by atoms with E-state index in [9.17, 15) is 4.79 Å². The van der Waals surface area contributed by atoms with Crippen LogP contribution in [-0.2, 0) is 0 Å². The second kappa shape index (κ2) is 5.09. The van der Waals surface area contributed by atoms with E-state index in [0.717, 1.165) is 22.1 Å². The van der Waals surface area contributed by atoms with Crippen LogP contribution < -0.4 is 5.56 Å². The number of nitrogens with zero attached hydrogens (tertiary/aromatic N) is 2. The van der Waals surface area contributed by atoms with Crippen LogP contribution in [0.3, 0.4) is 0 Å². The Balaban J connectivity index is 2.09. The van der Waals surface area contributed by atoms with Gasteiger partial charge in [-0.05, 0) is 23.6 Å². The summed E-state index contributed by atoms with van der Waals surface area (Å²) in [5, 5.41) is 4.85. The molecule has 23 heavy (non-hydrogen) atoms. The van der Waals surface area contributed by atoms with E-state index in [-0.39, 0.29) is 5.56 Å². The molecule has 0 bridgehead atoms. The first-order valence-corrected chi connectivity index (χ1v) is 7.74. The Hall–Kier alpha value is -2.88. The molecule has 0 aliphatic rings. The fourth-order valence-corrected chi connectivity index (χ4v) is 3.04. The Bertz CT molecular complexity index is 1060. The van der Waals surface area contributed by atoms with Crippen molar-refractivity contribution in [2.24, 2.45) is 0 Å². The van der Waals surface area contributed by atoms with Gasteiger partial charge >= 0.3 is 0 Å². The normalized spacial score (nSPS) is 11.6. The van der Waals surface area contributed by atoms with E-state index < -0.39 is 0 Å². The standard InChI is InChI=1S/C19H17N3O/c1-12(2)14-9-6-10-15-17(14)20-11-16-18(15)21-22(19(16)23)13-7-4-3-5-8-13/h3-12,21H,1-2H3. The molecule has 2 aromatic heterocycles. The van der Waals surface area contributed by atoms with Crippen LogP contribution in [0.5, 0.6) is 0 Å². The number of para-hydroxylation sites is 2. The van der Waals surface area contributed by atoms with Crippen LogP contribution in [0, 0.1) is 0 Å². The average Bonchev–Trinajstić information content (AvgIpc) is 2.92. The highest BCUT2D eigenvalue weighted by Crippen LogP contribution is 2.27. The predicted molar refractivity (Wildman–Crippen MR) is 93.3 cm³/mol. The Morgan fingerprint density at radius 1 is 1.00 bits per heavy atom. The summed E-state index contributed by atoms with van der Waals surface area (Å²) >= 11 is 0. The van der Waals surface area contributed by atoms with Crippen molar-refractivity contribution in [1.29, 1.82) is 0 Å². The molecule has 0 spiro atoms. The monoisotopic (exact) mass is 303 g/mol. The van der Waals surface area contributed by atoms with Crippen LogP contribution in [0.15, 0.2) is 59.5 Å². The van der Waals surface area contributed by atoms with Gasteiger partial charge in [0, 0.05) is 11.6 Å². The fourth-order valence-electron chi connectivity index (χ4n) is 3.04. The molecule has 1 N–H and O–H groups in total. The minimum atomic E-state index is -0.0736. The first-order chi connectivity index (χ1) is 11.2. The van der Waals surface area contributed by atoms with Gasteiger partial charge in [-0.3, -0.25) is 14.9 Å². The quantitative estimate of drug-likeness (QED) is 0.608. The van der Waals surface area contributed by atoms with Crippen molar-refractivity contribution in [3.05, 3.63) is 70.6 Å². The molecule has 2 aromatic carbocycles. The third-order valence-corrected chi connectivity index (χ3v) is 4.22. The largest absolute Gasteiger partial charge is 0.290 e. The van der Waals surface area contributed by atoms with E-state index in [1.807, 2.05) is 42.5 Å². The lowest BCUT2D eigenvalue weighted by molar-refractivity contribution is 0.864. The van der Waals surface area contributed by atoms with Gasteiger partial charge in [0.15, 0.2) is 0 Å². The summed E-state index contributed by atoms with van der Waals surface area (Å²) in [4.78, 5) is 17.2. The SMILES string of the molecule is CC(C)c1cccc2c1ncc1c(=O)n(-c3ccccc3)[nH]c12. The van der Waals surface area contributed by atoms with Gasteiger partial charge in [-0.25, -0.2) is 4.68 Å². The van der Waals surface area contributed by atoms with E-state index in [2.05, 4.69) is 30.0 Å². The van der Waals surface area contributed by atoms with Crippen LogP contribution >= 0.6 is 0 Å². The average molecular weight is 303 g/mol. The Morgan fingerprint density at radius 2 is 1.78 bits per heavy atom. The summed E-state index contributed by atoms with van der Waals surface area (Å²) in [6, 6.07) is 15.7. The molecular weight excluding hydrogens is 286 g/mol. The smallest absolute Gasteiger partial charge is 0.280 e. The van der Waals surface area contributed by atoms with Crippen molar-refractivity contribution >= 4 is 21.8 Å². The van der Waals surface area contributed by atoms with Crippen molar-refractivity contribution in [3.8, 4) is 5.69 Å². The van der Waals surface area contributed by atoms with E-state index in [0.29, 0.717) is 11.3 Å². The Morgan fingerprint density at radius 3 is 2.52 bits per heavy atom. The second-order valence-electron chi connectivity index (χ2n) is 6.03. The number of benzene rings is 2. The topological polar surface area (TPSA) is 50.7 Å². The van der Waals surface area contributed by atoms with Gasteiger partial charge in [-0.1, -0.05) is 50.2 Å². The number of hydrogen-bond acceptors (Lipinski definition) is 2. The van der Waals surface area contributed by atoms with Crippen LogP contribution in [0.2, 0.25) is 0 Å². The van der Waals surface area contributed by atoms with Crippen LogP contribution in [0.1, 0.15) is 25.3 Å². The Labute approximate surface area is 133 Å². The highest BCUT2D eigenvalue weighted by atomic mass is 16.1. The summed E-state index contributed by atoms with van der Waals surface area (Å²) in [7, 11) is 0. The minimum Gasteiger partial charge on any atom is -0.290 e. The summed E-state index contributed by atoms with van der Waals surface area (Å²) in [6.07, 6.45) is 1.68. The maximum atomic E-state index is 12.7. The number of fused-ring (bicyclic) bond motifs is 3. The zero-order valence-corrected chi connectivity index (χ0v) is 13.1. The molecule has 0 amide bonds. The lowest BCUT2D eigenvalue weighted by Gasteiger charge is -2.08. The molecule has 0 aliphatic carbocycles. The van der Waals surface area contributed by atoms with Gasteiger partial charge in [0.25, 0.3) is 5.56 Å². The summed E-state index contributed by atoms with van der Waals surface area (Å²) < 4.78 is 1.58. The van der Waals surface area contributed by atoms with E-state index in [1.165, 1.54) is 5.56 Å². The number of H-pyrrole nitrogens is 1. The van der Waals surface area contributed by atoms with E-state index in [4.69, 9.17) is 0 Å². The van der Waals surface area contributed by atoms with Gasteiger partial charge in [0.1, 0.15) is 0 Å². The first kappa shape index (κ1) is 13.8. The molecule has 0 atom stereocenters. The molecule has 4 heteroatoms. The molecular formula is C19H17N3O. The van der Waals surface area contributed by atoms with E-state index in [1.54, 1.807) is 10.9 Å². The van der Waals surface area contributed by atoms with Crippen LogP contribution in [-0.4, -0.2) is 14.8 Å². The van der Waals surface area contributed by atoms with Crippen molar-refractivity contribution in [2.45, 2.75) is 19.8 Å². The molecule has 0 aliphatic heterocycles. The highest BCUT2D eigenvalue weighted by Gasteiger charge is 2.14. The molecule has 4 rings (SSSR count).